The molecule has 2 aromatic heterocycles. The van der Waals surface area contributed by atoms with Crippen LogP contribution in [0.5, 0.6) is 0 Å². The molecule has 4 heterocycles. The highest BCUT2D eigenvalue weighted by atomic mass is 15.1. The quantitative estimate of drug-likeness (QED) is 0.672. The Balaban J connectivity index is 1.70. The number of pyridine rings is 1. The zero-order chi connectivity index (χ0) is 17.1. The standard InChI is InChI=1S/C22H25N3/c1-14-8-17-11-18(16-4-6-23-15(2)10-16)12-25-21-5-7-24(3)13-20(21)19(9-14)22(17)25/h4,6,8-10,18H,5,7,11-13H2,1-3H3. The Morgan fingerprint density at radius 1 is 1.16 bits per heavy atom. The van der Waals surface area contributed by atoms with Crippen molar-refractivity contribution >= 4 is 10.9 Å². The molecule has 3 heteroatoms. The van der Waals surface area contributed by atoms with E-state index in [1.54, 1.807) is 11.3 Å². The second-order valence-corrected chi connectivity index (χ2v) is 7.98. The topological polar surface area (TPSA) is 21.1 Å². The largest absolute Gasteiger partial charge is 0.343 e. The van der Waals surface area contributed by atoms with Crippen molar-refractivity contribution in [2.24, 2.45) is 0 Å². The van der Waals surface area contributed by atoms with E-state index in [4.69, 9.17) is 0 Å². The third-order valence-corrected chi connectivity index (χ3v) is 6.02. The number of likely N-dealkylation sites (N-methyl/N-ethyl adjacent to an activating group) is 1. The first-order valence-electron chi connectivity index (χ1n) is 9.34. The van der Waals surface area contributed by atoms with E-state index in [1.807, 2.05) is 6.20 Å². The number of aryl methyl sites for hydroxylation is 2. The zero-order valence-electron chi connectivity index (χ0n) is 15.3. The average Bonchev–Trinajstić information content (AvgIpc) is 2.89. The lowest BCUT2D eigenvalue weighted by atomic mass is 9.88. The molecule has 0 saturated heterocycles. The lowest BCUT2D eigenvalue weighted by Crippen LogP contribution is -2.28. The maximum Gasteiger partial charge on any atom is 0.0519 e. The normalized spacial score (nSPS) is 20.0. The number of aromatic nitrogens is 2. The van der Waals surface area contributed by atoms with Gasteiger partial charge in [-0.15, -0.1) is 0 Å². The number of benzene rings is 1. The Bertz CT molecular complexity index is 983. The molecule has 2 aliphatic heterocycles. The van der Waals surface area contributed by atoms with Gasteiger partial charge in [0.25, 0.3) is 0 Å². The summed E-state index contributed by atoms with van der Waals surface area (Å²) in [7, 11) is 2.24. The van der Waals surface area contributed by atoms with Gasteiger partial charge in [0.1, 0.15) is 0 Å². The van der Waals surface area contributed by atoms with Gasteiger partial charge < -0.3 is 9.47 Å². The van der Waals surface area contributed by atoms with Gasteiger partial charge in [0.15, 0.2) is 0 Å². The Morgan fingerprint density at radius 2 is 2.04 bits per heavy atom. The molecule has 1 atom stereocenters. The molecule has 3 nitrogen and oxygen atoms in total. The number of rotatable bonds is 1. The Kier molecular flexibility index (Phi) is 3.29. The maximum absolute atomic E-state index is 4.39. The van der Waals surface area contributed by atoms with Crippen LogP contribution in [0.15, 0.2) is 30.5 Å². The van der Waals surface area contributed by atoms with Gasteiger partial charge in [-0.3, -0.25) is 4.98 Å². The summed E-state index contributed by atoms with van der Waals surface area (Å²) in [6, 6.07) is 9.30. The second kappa shape index (κ2) is 5.43. The molecule has 0 N–H and O–H groups in total. The van der Waals surface area contributed by atoms with Gasteiger partial charge in [0.2, 0.25) is 0 Å². The molecular formula is C22H25N3. The van der Waals surface area contributed by atoms with Crippen molar-refractivity contribution in [3.8, 4) is 0 Å². The minimum atomic E-state index is 0.551. The summed E-state index contributed by atoms with van der Waals surface area (Å²) in [4.78, 5) is 6.84. The molecule has 0 saturated carbocycles. The van der Waals surface area contributed by atoms with Crippen molar-refractivity contribution in [2.75, 3.05) is 13.6 Å². The predicted molar refractivity (Wildman–Crippen MR) is 102 cm³/mol. The van der Waals surface area contributed by atoms with Crippen LogP contribution in [0.4, 0.5) is 0 Å². The molecule has 2 aliphatic rings. The van der Waals surface area contributed by atoms with E-state index in [9.17, 15) is 0 Å². The van der Waals surface area contributed by atoms with Crippen LogP contribution in [0.2, 0.25) is 0 Å². The lowest BCUT2D eigenvalue weighted by molar-refractivity contribution is 0.308. The van der Waals surface area contributed by atoms with Gasteiger partial charge >= 0.3 is 0 Å². The number of nitrogens with zero attached hydrogens (tertiary/aromatic N) is 3. The highest BCUT2D eigenvalue weighted by molar-refractivity contribution is 5.90. The number of hydrogen-bond acceptors (Lipinski definition) is 2. The fourth-order valence-electron chi connectivity index (χ4n) is 4.92. The summed E-state index contributed by atoms with van der Waals surface area (Å²) in [5, 5.41) is 1.50. The van der Waals surface area contributed by atoms with Gasteiger partial charge in [-0.05, 0) is 62.2 Å². The van der Waals surface area contributed by atoms with E-state index >= 15 is 0 Å². The molecule has 5 rings (SSSR count). The summed E-state index contributed by atoms with van der Waals surface area (Å²) in [5.74, 6) is 0.551. The van der Waals surface area contributed by atoms with Crippen LogP contribution in [0, 0.1) is 13.8 Å². The molecule has 3 aromatic rings. The maximum atomic E-state index is 4.39. The first-order valence-corrected chi connectivity index (χ1v) is 9.34. The lowest BCUT2D eigenvalue weighted by Gasteiger charge is -2.28. The van der Waals surface area contributed by atoms with Crippen LogP contribution < -0.4 is 0 Å². The van der Waals surface area contributed by atoms with Crippen molar-refractivity contribution in [3.05, 3.63) is 64.1 Å². The highest BCUT2D eigenvalue weighted by Crippen LogP contribution is 2.40. The summed E-state index contributed by atoms with van der Waals surface area (Å²) in [5.41, 5.74) is 10.1. The molecule has 128 valence electrons. The van der Waals surface area contributed by atoms with Gasteiger partial charge in [-0.1, -0.05) is 11.6 Å². The Labute approximate surface area is 149 Å². The van der Waals surface area contributed by atoms with E-state index < -0.39 is 0 Å². The van der Waals surface area contributed by atoms with E-state index in [1.165, 1.54) is 34.0 Å². The summed E-state index contributed by atoms with van der Waals surface area (Å²) < 4.78 is 2.65. The third-order valence-electron chi connectivity index (χ3n) is 6.02. The molecule has 0 aliphatic carbocycles. The number of hydrogen-bond donors (Lipinski definition) is 0. The van der Waals surface area contributed by atoms with Crippen LogP contribution in [0.1, 0.15) is 39.6 Å². The molecular weight excluding hydrogens is 306 g/mol. The third kappa shape index (κ3) is 2.33. The van der Waals surface area contributed by atoms with E-state index in [2.05, 4.69) is 59.6 Å². The summed E-state index contributed by atoms with van der Waals surface area (Å²) >= 11 is 0. The highest BCUT2D eigenvalue weighted by Gasteiger charge is 2.29. The Morgan fingerprint density at radius 3 is 2.88 bits per heavy atom. The summed E-state index contributed by atoms with van der Waals surface area (Å²) in [6.07, 6.45) is 4.27. The van der Waals surface area contributed by atoms with E-state index in [0.717, 1.165) is 31.7 Å². The van der Waals surface area contributed by atoms with E-state index in [0.29, 0.717) is 5.92 Å². The van der Waals surface area contributed by atoms with Gasteiger partial charge in [0, 0.05) is 54.9 Å². The van der Waals surface area contributed by atoms with Crippen LogP contribution >= 0.6 is 0 Å². The minimum Gasteiger partial charge on any atom is -0.343 e. The molecule has 1 unspecified atom stereocenters. The molecule has 0 amide bonds. The summed E-state index contributed by atoms with van der Waals surface area (Å²) in [6.45, 7) is 7.69. The Hall–Kier alpha value is -2.13. The van der Waals surface area contributed by atoms with Crippen molar-refractivity contribution in [1.82, 2.24) is 14.5 Å². The predicted octanol–water partition coefficient (Wildman–Crippen LogP) is 3.98. The van der Waals surface area contributed by atoms with Crippen molar-refractivity contribution in [3.63, 3.8) is 0 Å². The minimum absolute atomic E-state index is 0.551. The van der Waals surface area contributed by atoms with Crippen molar-refractivity contribution in [2.45, 2.75) is 45.7 Å². The van der Waals surface area contributed by atoms with Crippen LogP contribution in [-0.2, 0) is 25.9 Å². The molecule has 25 heavy (non-hydrogen) atoms. The fourth-order valence-corrected chi connectivity index (χ4v) is 4.92. The van der Waals surface area contributed by atoms with Crippen LogP contribution in [0.25, 0.3) is 10.9 Å². The van der Waals surface area contributed by atoms with E-state index in [-0.39, 0.29) is 0 Å². The van der Waals surface area contributed by atoms with Crippen LogP contribution in [0.3, 0.4) is 0 Å². The SMILES string of the molecule is Cc1cc2c3c(c1)c1c(n3CC(c3ccnc(C)c3)C2)CCN(C)C1. The molecule has 0 fully saturated rings. The first kappa shape index (κ1) is 15.2. The van der Waals surface area contributed by atoms with Crippen molar-refractivity contribution in [1.29, 1.82) is 0 Å². The van der Waals surface area contributed by atoms with Gasteiger partial charge in [-0.2, -0.15) is 0 Å². The zero-order valence-corrected chi connectivity index (χ0v) is 15.3. The number of fused-ring (bicyclic) bond motifs is 3. The van der Waals surface area contributed by atoms with Crippen LogP contribution in [-0.4, -0.2) is 28.0 Å². The van der Waals surface area contributed by atoms with Crippen molar-refractivity contribution < 1.29 is 0 Å². The average molecular weight is 331 g/mol. The van der Waals surface area contributed by atoms with Gasteiger partial charge in [-0.25, -0.2) is 0 Å². The molecule has 0 radical (unpaired) electrons. The smallest absolute Gasteiger partial charge is 0.0519 e. The molecule has 0 spiro atoms. The first-order chi connectivity index (χ1) is 12.1. The molecule has 0 bridgehead atoms. The molecule has 1 aromatic carbocycles. The fraction of sp³-hybridized carbons (Fsp3) is 0.409. The second-order valence-electron chi connectivity index (χ2n) is 7.98. The van der Waals surface area contributed by atoms with Gasteiger partial charge in [0.05, 0.1) is 5.52 Å². The monoisotopic (exact) mass is 331 g/mol.